The molecule has 0 aromatic carbocycles. The quantitative estimate of drug-likeness (QED) is 0.782. The summed E-state index contributed by atoms with van der Waals surface area (Å²) < 4.78 is 2.11. The van der Waals surface area contributed by atoms with E-state index in [1.165, 1.54) is 18.7 Å². The van der Waals surface area contributed by atoms with Crippen LogP contribution in [-0.4, -0.2) is 22.6 Å². The van der Waals surface area contributed by atoms with E-state index in [1.54, 1.807) is 0 Å². The number of nitrogens with one attached hydrogen (secondary N) is 1. The van der Waals surface area contributed by atoms with Crippen molar-refractivity contribution in [2.45, 2.75) is 32.2 Å². The van der Waals surface area contributed by atoms with E-state index in [9.17, 15) is 0 Å². The second-order valence-corrected chi connectivity index (χ2v) is 4.65. The van der Waals surface area contributed by atoms with Crippen LogP contribution >= 0.6 is 0 Å². The number of hydrogen-bond donors (Lipinski definition) is 1. The van der Waals surface area contributed by atoms with Crippen molar-refractivity contribution in [2.24, 2.45) is 12.5 Å². The van der Waals surface area contributed by atoms with Gasteiger partial charge in [0.25, 0.3) is 0 Å². The topological polar surface area (TPSA) is 29.9 Å². The highest BCUT2D eigenvalue weighted by molar-refractivity contribution is 5.04. The van der Waals surface area contributed by atoms with Crippen LogP contribution in [-0.2, 0) is 13.5 Å². The Balaban J connectivity index is 2.05. The molecule has 14 heavy (non-hydrogen) atoms. The van der Waals surface area contributed by atoms with Crippen LogP contribution in [0, 0.1) is 5.41 Å². The van der Waals surface area contributed by atoms with Crippen LogP contribution in [0.3, 0.4) is 0 Å². The third-order valence-corrected chi connectivity index (χ3v) is 3.54. The molecule has 3 heteroatoms. The highest BCUT2D eigenvalue weighted by Crippen LogP contribution is 2.48. The van der Waals surface area contributed by atoms with E-state index in [0.717, 1.165) is 6.42 Å². The van der Waals surface area contributed by atoms with E-state index in [1.807, 2.05) is 12.4 Å². The standard InChI is InChI=1S/C11H19N3/c1-11(4-5-11)9(12-2)8-10-13-6-7-14(10)3/h6-7,9,12H,4-5,8H2,1-3H3. The molecule has 0 spiro atoms. The summed E-state index contributed by atoms with van der Waals surface area (Å²) in [6.45, 7) is 2.36. The second kappa shape index (κ2) is 3.39. The van der Waals surface area contributed by atoms with Crippen LogP contribution in [0.25, 0.3) is 0 Å². The largest absolute Gasteiger partial charge is 0.338 e. The van der Waals surface area contributed by atoms with E-state index < -0.39 is 0 Å². The Labute approximate surface area is 85.5 Å². The summed E-state index contributed by atoms with van der Waals surface area (Å²) in [6.07, 6.45) is 7.62. The highest BCUT2D eigenvalue weighted by Gasteiger charge is 2.44. The number of aromatic nitrogens is 2. The first-order chi connectivity index (χ1) is 6.65. The molecule has 1 heterocycles. The Kier molecular flexibility index (Phi) is 2.35. The first-order valence-electron chi connectivity index (χ1n) is 5.29. The van der Waals surface area contributed by atoms with Gasteiger partial charge in [-0.3, -0.25) is 0 Å². The van der Waals surface area contributed by atoms with Crippen LogP contribution in [0.2, 0.25) is 0 Å². The molecule has 0 amide bonds. The SMILES string of the molecule is CNC(Cc1nccn1C)C1(C)CC1. The van der Waals surface area contributed by atoms with Gasteiger partial charge in [0.15, 0.2) is 0 Å². The molecule has 0 aliphatic heterocycles. The summed E-state index contributed by atoms with van der Waals surface area (Å²) in [4.78, 5) is 4.37. The smallest absolute Gasteiger partial charge is 0.109 e. The molecule has 0 bridgehead atoms. The van der Waals surface area contributed by atoms with Crippen molar-refractivity contribution in [2.75, 3.05) is 7.05 Å². The predicted octanol–water partition coefficient (Wildman–Crippen LogP) is 1.35. The maximum Gasteiger partial charge on any atom is 0.109 e. The summed E-state index contributed by atoms with van der Waals surface area (Å²) >= 11 is 0. The average Bonchev–Trinajstić information content (AvgIpc) is 2.77. The molecule has 1 fully saturated rings. The molecule has 0 radical (unpaired) electrons. The lowest BCUT2D eigenvalue weighted by Gasteiger charge is -2.22. The monoisotopic (exact) mass is 193 g/mol. The fourth-order valence-corrected chi connectivity index (χ4v) is 2.02. The molecule has 1 atom stereocenters. The van der Waals surface area contributed by atoms with Crippen LogP contribution in [0.4, 0.5) is 0 Å². The van der Waals surface area contributed by atoms with E-state index in [-0.39, 0.29) is 0 Å². The van der Waals surface area contributed by atoms with Crippen LogP contribution < -0.4 is 5.32 Å². The number of aryl methyl sites for hydroxylation is 1. The Morgan fingerprint density at radius 1 is 1.64 bits per heavy atom. The molecule has 78 valence electrons. The van der Waals surface area contributed by atoms with Crippen molar-refractivity contribution in [3.63, 3.8) is 0 Å². The van der Waals surface area contributed by atoms with Crippen molar-refractivity contribution < 1.29 is 0 Å². The van der Waals surface area contributed by atoms with E-state index >= 15 is 0 Å². The normalized spacial score (nSPS) is 20.8. The number of likely N-dealkylation sites (N-methyl/N-ethyl adjacent to an activating group) is 1. The molecule has 1 aromatic heterocycles. The lowest BCUT2D eigenvalue weighted by Crippen LogP contribution is -2.36. The Morgan fingerprint density at radius 3 is 2.79 bits per heavy atom. The van der Waals surface area contributed by atoms with Crippen molar-refractivity contribution in [3.8, 4) is 0 Å². The molecule has 1 saturated carbocycles. The fraction of sp³-hybridized carbons (Fsp3) is 0.727. The minimum atomic E-state index is 0.515. The van der Waals surface area contributed by atoms with Gasteiger partial charge < -0.3 is 9.88 Å². The number of rotatable bonds is 4. The van der Waals surface area contributed by atoms with Gasteiger partial charge in [0.2, 0.25) is 0 Å². The van der Waals surface area contributed by atoms with Gasteiger partial charge in [-0.15, -0.1) is 0 Å². The summed E-state index contributed by atoms with van der Waals surface area (Å²) in [6, 6.07) is 0.573. The van der Waals surface area contributed by atoms with Crippen molar-refractivity contribution in [1.82, 2.24) is 14.9 Å². The third kappa shape index (κ3) is 1.69. The van der Waals surface area contributed by atoms with Gasteiger partial charge in [-0.2, -0.15) is 0 Å². The molecule has 1 N–H and O–H groups in total. The van der Waals surface area contributed by atoms with Gasteiger partial charge in [-0.25, -0.2) is 4.98 Å². The lowest BCUT2D eigenvalue weighted by molar-refractivity contribution is 0.368. The van der Waals surface area contributed by atoms with Gasteiger partial charge in [0.05, 0.1) is 0 Å². The van der Waals surface area contributed by atoms with Crippen LogP contribution in [0.5, 0.6) is 0 Å². The summed E-state index contributed by atoms with van der Waals surface area (Å²) in [7, 11) is 4.11. The predicted molar refractivity (Wildman–Crippen MR) is 57.1 cm³/mol. The zero-order valence-electron chi connectivity index (χ0n) is 9.25. The fourth-order valence-electron chi connectivity index (χ4n) is 2.02. The minimum absolute atomic E-state index is 0.515. The maximum absolute atomic E-state index is 4.37. The first kappa shape index (κ1) is 9.71. The first-order valence-corrected chi connectivity index (χ1v) is 5.29. The minimum Gasteiger partial charge on any atom is -0.338 e. The lowest BCUT2D eigenvalue weighted by atomic mass is 9.96. The van der Waals surface area contributed by atoms with Crippen LogP contribution in [0.15, 0.2) is 12.4 Å². The molecule has 1 aliphatic rings. The van der Waals surface area contributed by atoms with Gasteiger partial charge in [0, 0.05) is 31.9 Å². The van der Waals surface area contributed by atoms with Crippen molar-refractivity contribution >= 4 is 0 Å². The zero-order chi connectivity index (χ0) is 10.2. The average molecular weight is 193 g/mol. The molecular formula is C11H19N3. The second-order valence-electron chi connectivity index (χ2n) is 4.65. The summed E-state index contributed by atoms with van der Waals surface area (Å²) in [5.41, 5.74) is 0.515. The Morgan fingerprint density at radius 2 is 2.36 bits per heavy atom. The van der Waals surface area contributed by atoms with E-state index in [4.69, 9.17) is 0 Å². The Hall–Kier alpha value is -0.830. The van der Waals surface area contributed by atoms with Crippen LogP contribution in [0.1, 0.15) is 25.6 Å². The molecular weight excluding hydrogens is 174 g/mol. The van der Waals surface area contributed by atoms with Crippen molar-refractivity contribution in [1.29, 1.82) is 0 Å². The summed E-state index contributed by atoms with van der Waals surface area (Å²) in [5, 5.41) is 3.42. The highest BCUT2D eigenvalue weighted by atomic mass is 15.0. The molecule has 1 aromatic rings. The van der Waals surface area contributed by atoms with Gasteiger partial charge >= 0.3 is 0 Å². The van der Waals surface area contributed by atoms with Crippen molar-refractivity contribution in [3.05, 3.63) is 18.2 Å². The number of nitrogens with zero attached hydrogens (tertiary/aromatic N) is 2. The van der Waals surface area contributed by atoms with Gasteiger partial charge in [0.1, 0.15) is 5.82 Å². The molecule has 1 aliphatic carbocycles. The zero-order valence-corrected chi connectivity index (χ0v) is 9.25. The maximum atomic E-state index is 4.37. The number of imidazole rings is 1. The molecule has 1 unspecified atom stereocenters. The van der Waals surface area contributed by atoms with E-state index in [2.05, 4.69) is 35.9 Å². The molecule has 0 saturated heterocycles. The molecule has 3 nitrogen and oxygen atoms in total. The van der Waals surface area contributed by atoms with E-state index in [0.29, 0.717) is 11.5 Å². The van der Waals surface area contributed by atoms with Gasteiger partial charge in [-0.1, -0.05) is 6.92 Å². The third-order valence-electron chi connectivity index (χ3n) is 3.54. The number of hydrogen-bond acceptors (Lipinski definition) is 2. The molecule has 2 rings (SSSR count). The summed E-state index contributed by atoms with van der Waals surface area (Å²) in [5.74, 6) is 1.18. The van der Waals surface area contributed by atoms with Gasteiger partial charge in [-0.05, 0) is 25.3 Å². The Bertz CT molecular complexity index is 312.